The molecule has 8 atom stereocenters. The van der Waals surface area contributed by atoms with Gasteiger partial charge in [-0.3, -0.25) is 14.6 Å². The van der Waals surface area contributed by atoms with Gasteiger partial charge in [-0.2, -0.15) is 0 Å². The summed E-state index contributed by atoms with van der Waals surface area (Å²) < 4.78 is 0. The summed E-state index contributed by atoms with van der Waals surface area (Å²) >= 11 is 0. The number of hydrogen-bond acceptors (Lipinski definition) is 15. The standard InChI is InChI=1S/C6H14N4O2.2C6H12O6/c7-4(5(11)12)2-1-3-10-6(8)9;2*7-1-3(9)5(11)6(12)4(10)2-8/h4H,1-3,7H2,(H,11,12)(H4,8,9,10);3,5-9,11-12H,1-2H2;1,3-6,8-12H,2H2. The van der Waals surface area contributed by atoms with Crippen LogP contribution in [-0.2, 0) is 14.4 Å². The highest BCUT2D eigenvalue weighted by Crippen LogP contribution is 2.03. The Morgan fingerprint density at radius 1 is 0.833 bits per heavy atom. The summed E-state index contributed by atoms with van der Waals surface area (Å²) in [5.74, 6) is -1.99. The van der Waals surface area contributed by atoms with E-state index in [2.05, 4.69) is 4.99 Å². The zero-order chi connectivity index (χ0) is 29.0. The van der Waals surface area contributed by atoms with Crippen molar-refractivity contribution in [2.45, 2.75) is 61.6 Å². The van der Waals surface area contributed by atoms with Crippen LogP contribution >= 0.6 is 0 Å². The number of aliphatic imine (C=N–C) groups is 1. The molecule has 0 aromatic rings. The largest absolute Gasteiger partial charge is 0.480 e. The average molecular weight is 535 g/mol. The maximum absolute atomic E-state index is 10.5. The molecule has 214 valence electrons. The number of aliphatic hydroxyl groups excluding tert-OH is 10. The van der Waals surface area contributed by atoms with E-state index in [1.54, 1.807) is 0 Å². The van der Waals surface area contributed by atoms with E-state index in [-0.39, 0.29) is 12.2 Å². The van der Waals surface area contributed by atoms with Crippen LogP contribution in [0.1, 0.15) is 12.8 Å². The van der Waals surface area contributed by atoms with Crippen molar-refractivity contribution in [3.05, 3.63) is 0 Å². The molecule has 0 heterocycles. The molecule has 0 spiro atoms. The molecule has 0 aromatic heterocycles. The highest BCUT2D eigenvalue weighted by molar-refractivity contribution is 5.84. The van der Waals surface area contributed by atoms with Crippen molar-refractivity contribution in [1.29, 1.82) is 0 Å². The van der Waals surface area contributed by atoms with E-state index in [1.165, 1.54) is 0 Å². The van der Waals surface area contributed by atoms with Gasteiger partial charge in [-0.15, -0.1) is 0 Å². The Labute approximate surface area is 205 Å². The number of carboxylic acid groups (broad SMARTS) is 1. The van der Waals surface area contributed by atoms with Crippen molar-refractivity contribution in [3.8, 4) is 0 Å². The Kier molecular flexibility index (Phi) is 23.2. The molecule has 8 unspecified atom stereocenters. The summed E-state index contributed by atoms with van der Waals surface area (Å²) in [7, 11) is 0. The first-order chi connectivity index (χ1) is 16.6. The Hall–Kier alpha value is -2.36. The highest BCUT2D eigenvalue weighted by Gasteiger charge is 2.30. The molecular formula is C18H38N4O14. The fourth-order valence-corrected chi connectivity index (χ4v) is 1.86. The topological polar surface area (TPSA) is 364 Å². The first kappa shape index (κ1) is 38.2. The molecule has 36 heavy (non-hydrogen) atoms. The van der Waals surface area contributed by atoms with Crippen LogP contribution in [0.3, 0.4) is 0 Å². The molecule has 0 aromatic carbocycles. The molecule has 0 rings (SSSR count). The summed E-state index contributed by atoms with van der Waals surface area (Å²) in [5.41, 5.74) is 15.3. The van der Waals surface area contributed by atoms with Crippen molar-refractivity contribution < 1.29 is 70.6 Å². The number of carboxylic acids is 1. The van der Waals surface area contributed by atoms with E-state index in [0.717, 1.165) is 0 Å². The summed E-state index contributed by atoms with van der Waals surface area (Å²) in [6.45, 7) is -2.03. The average Bonchev–Trinajstić information content (AvgIpc) is 2.87. The molecule has 18 nitrogen and oxygen atoms in total. The third-order valence-corrected chi connectivity index (χ3v) is 4.10. The van der Waals surface area contributed by atoms with E-state index in [4.69, 9.17) is 73.4 Å². The zero-order valence-electron chi connectivity index (χ0n) is 19.3. The van der Waals surface area contributed by atoms with E-state index in [9.17, 15) is 14.4 Å². The SMILES string of the molecule is NC(N)=NCCCC(N)C(=O)O.O=C(CO)C(O)C(O)C(O)CO.O=CC(O)C(O)C(O)C(O)CO. The van der Waals surface area contributed by atoms with Crippen LogP contribution < -0.4 is 17.2 Å². The lowest BCUT2D eigenvalue weighted by Gasteiger charge is -2.22. The molecular weight excluding hydrogens is 496 g/mol. The van der Waals surface area contributed by atoms with E-state index >= 15 is 0 Å². The van der Waals surface area contributed by atoms with Gasteiger partial charge in [-0.1, -0.05) is 0 Å². The van der Waals surface area contributed by atoms with Crippen molar-refractivity contribution in [3.63, 3.8) is 0 Å². The van der Waals surface area contributed by atoms with Gasteiger partial charge in [0.1, 0.15) is 55.4 Å². The second-order valence-electron chi connectivity index (χ2n) is 7.06. The van der Waals surface area contributed by atoms with Gasteiger partial charge in [0, 0.05) is 6.54 Å². The van der Waals surface area contributed by atoms with Crippen LogP contribution in [0.5, 0.6) is 0 Å². The lowest BCUT2D eigenvalue weighted by molar-refractivity contribution is -0.142. The fourth-order valence-electron chi connectivity index (χ4n) is 1.86. The molecule has 17 N–H and O–H groups in total. The van der Waals surface area contributed by atoms with Gasteiger partial charge in [0.25, 0.3) is 0 Å². The van der Waals surface area contributed by atoms with Gasteiger partial charge in [0.15, 0.2) is 18.0 Å². The van der Waals surface area contributed by atoms with Crippen LogP contribution in [0.15, 0.2) is 4.99 Å². The van der Waals surface area contributed by atoms with E-state index in [0.29, 0.717) is 19.4 Å². The third kappa shape index (κ3) is 18.0. The van der Waals surface area contributed by atoms with Crippen LogP contribution in [0, 0.1) is 0 Å². The third-order valence-electron chi connectivity index (χ3n) is 4.10. The summed E-state index contributed by atoms with van der Waals surface area (Å²) in [4.78, 5) is 34.3. The maximum atomic E-state index is 10.5. The molecule has 0 aliphatic heterocycles. The fraction of sp³-hybridized carbons (Fsp3) is 0.778. The molecule has 0 amide bonds. The smallest absolute Gasteiger partial charge is 0.320 e. The monoisotopic (exact) mass is 534 g/mol. The number of aliphatic hydroxyl groups is 10. The number of aldehydes is 1. The van der Waals surface area contributed by atoms with Crippen molar-refractivity contribution in [1.82, 2.24) is 0 Å². The lowest BCUT2D eigenvalue weighted by Crippen LogP contribution is -2.46. The summed E-state index contributed by atoms with van der Waals surface area (Å²) in [6.07, 6.45) is -11.1. The van der Waals surface area contributed by atoms with Gasteiger partial charge in [-0.25, -0.2) is 0 Å². The van der Waals surface area contributed by atoms with Crippen LogP contribution in [0.25, 0.3) is 0 Å². The molecule has 0 saturated carbocycles. The molecule has 0 bridgehead atoms. The van der Waals surface area contributed by atoms with Crippen molar-refractivity contribution >= 4 is 24.0 Å². The van der Waals surface area contributed by atoms with Crippen molar-refractivity contribution in [2.24, 2.45) is 22.2 Å². The minimum Gasteiger partial charge on any atom is -0.480 e. The minimum atomic E-state index is -1.86. The number of carbonyl (C=O) groups excluding carboxylic acids is 2. The number of nitrogens with two attached hydrogens (primary N) is 3. The first-order valence-corrected chi connectivity index (χ1v) is 10.2. The number of nitrogens with zero attached hydrogens (tertiary/aromatic N) is 1. The molecule has 0 fully saturated rings. The molecule has 18 heteroatoms. The second-order valence-corrected chi connectivity index (χ2v) is 7.06. The number of rotatable bonds is 15. The van der Waals surface area contributed by atoms with E-state index in [1.807, 2.05) is 0 Å². The van der Waals surface area contributed by atoms with Crippen LogP contribution in [-0.4, -0.2) is 155 Å². The van der Waals surface area contributed by atoms with E-state index < -0.39 is 80.3 Å². The maximum Gasteiger partial charge on any atom is 0.320 e. The van der Waals surface area contributed by atoms with Crippen LogP contribution in [0.4, 0.5) is 0 Å². The second kappa shape index (κ2) is 21.9. The predicted molar refractivity (Wildman–Crippen MR) is 120 cm³/mol. The van der Waals surface area contributed by atoms with Gasteiger partial charge in [0.05, 0.1) is 13.2 Å². The predicted octanol–water partition coefficient (Wildman–Crippen LogP) is -8.30. The quantitative estimate of drug-likeness (QED) is 0.0401. The number of carbonyl (C=O) groups is 3. The van der Waals surface area contributed by atoms with Crippen molar-refractivity contribution in [2.75, 3.05) is 26.4 Å². The summed E-state index contributed by atoms with van der Waals surface area (Å²) in [5, 5.41) is 95.0. The minimum absolute atomic E-state index is 0.0129. The molecule has 0 aliphatic carbocycles. The lowest BCUT2D eigenvalue weighted by atomic mass is 10.0. The zero-order valence-corrected chi connectivity index (χ0v) is 19.3. The molecule has 0 aliphatic rings. The van der Waals surface area contributed by atoms with Gasteiger partial charge >= 0.3 is 5.97 Å². The molecule has 0 radical (unpaired) electrons. The normalized spacial score (nSPS) is 17.2. The Morgan fingerprint density at radius 2 is 1.31 bits per heavy atom. The number of guanidine groups is 1. The number of ketones is 1. The summed E-state index contributed by atoms with van der Waals surface area (Å²) in [6, 6.07) is -0.820. The Morgan fingerprint density at radius 3 is 1.67 bits per heavy atom. The van der Waals surface area contributed by atoms with Gasteiger partial charge < -0.3 is 78.2 Å². The molecule has 0 saturated heterocycles. The van der Waals surface area contributed by atoms with Crippen LogP contribution in [0.2, 0.25) is 0 Å². The number of Topliss-reactive ketones (excluding diaryl/α,β-unsaturated/α-hetero) is 1. The van der Waals surface area contributed by atoms with Gasteiger partial charge in [0.2, 0.25) is 0 Å². The Bertz CT molecular complexity index is 637. The first-order valence-electron chi connectivity index (χ1n) is 10.2. The van der Waals surface area contributed by atoms with Gasteiger partial charge in [-0.05, 0) is 12.8 Å². The highest BCUT2D eigenvalue weighted by atomic mass is 16.4. The number of aliphatic carboxylic acids is 1. The Balaban J connectivity index is -0.000000454. The number of hydrogen-bond donors (Lipinski definition) is 14.